The van der Waals surface area contributed by atoms with Crippen LogP contribution in [0.2, 0.25) is 0 Å². The monoisotopic (exact) mass is 282 g/mol. The predicted molar refractivity (Wildman–Crippen MR) is 78.5 cm³/mol. The summed E-state index contributed by atoms with van der Waals surface area (Å²) < 4.78 is 9.84. The van der Waals surface area contributed by atoms with Gasteiger partial charge in [0.15, 0.2) is 5.11 Å². The van der Waals surface area contributed by atoms with Crippen molar-refractivity contribution < 1.29 is 14.3 Å². The average molecular weight is 282 g/mol. The van der Waals surface area contributed by atoms with Crippen LogP contribution in [0, 0.1) is 0 Å². The number of thiocarbonyl (C=S) groups is 1. The van der Waals surface area contributed by atoms with Gasteiger partial charge < -0.3 is 20.1 Å². The van der Waals surface area contributed by atoms with Gasteiger partial charge in [0, 0.05) is 19.3 Å². The second kappa shape index (κ2) is 8.44. The van der Waals surface area contributed by atoms with E-state index in [1.807, 2.05) is 6.07 Å². The third kappa shape index (κ3) is 5.67. The SMILES string of the molecule is CCOC(=O)c1cccc(NC(=S)NCCOC)c1. The third-order valence-electron chi connectivity index (χ3n) is 2.22. The van der Waals surface area contributed by atoms with Crippen LogP contribution in [0.5, 0.6) is 0 Å². The molecule has 1 rings (SSSR count). The first kappa shape index (κ1) is 15.4. The number of hydrogen-bond acceptors (Lipinski definition) is 4. The van der Waals surface area contributed by atoms with Crippen molar-refractivity contribution in [2.45, 2.75) is 6.92 Å². The molecule has 19 heavy (non-hydrogen) atoms. The highest BCUT2D eigenvalue weighted by Gasteiger charge is 2.07. The Bertz CT molecular complexity index is 438. The Hall–Kier alpha value is -1.66. The lowest BCUT2D eigenvalue weighted by Crippen LogP contribution is -2.31. The lowest BCUT2D eigenvalue weighted by atomic mass is 10.2. The van der Waals surface area contributed by atoms with E-state index >= 15 is 0 Å². The highest BCUT2D eigenvalue weighted by Crippen LogP contribution is 2.11. The van der Waals surface area contributed by atoms with Crippen molar-refractivity contribution in [1.29, 1.82) is 0 Å². The normalized spacial score (nSPS) is 9.79. The fourth-order valence-corrected chi connectivity index (χ4v) is 1.60. The Morgan fingerprint density at radius 3 is 2.89 bits per heavy atom. The first-order chi connectivity index (χ1) is 9.17. The van der Waals surface area contributed by atoms with E-state index in [1.54, 1.807) is 32.2 Å². The molecule has 0 aliphatic rings. The summed E-state index contributed by atoms with van der Waals surface area (Å²) >= 11 is 5.12. The zero-order chi connectivity index (χ0) is 14.1. The number of carbonyl (C=O) groups is 1. The van der Waals surface area contributed by atoms with E-state index in [1.165, 1.54) is 0 Å². The van der Waals surface area contributed by atoms with Crippen LogP contribution in [-0.4, -0.2) is 38.0 Å². The van der Waals surface area contributed by atoms with Gasteiger partial charge in [-0.2, -0.15) is 0 Å². The molecule has 0 unspecified atom stereocenters. The van der Waals surface area contributed by atoms with Crippen molar-refractivity contribution in [1.82, 2.24) is 5.32 Å². The van der Waals surface area contributed by atoms with Gasteiger partial charge in [-0.05, 0) is 37.3 Å². The second-order valence-corrected chi connectivity index (χ2v) is 4.08. The van der Waals surface area contributed by atoms with Crippen molar-refractivity contribution >= 4 is 29.0 Å². The Kier molecular flexibility index (Phi) is 6.84. The van der Waals surface area contributed by atoms with Crippen LogP contribution >= 0.6 is 12.2 Å². The molecule has 104 valence electrons. The minimum absolute atomic E-state index is 0.343. The van der Waals surface area contributed by atoms with Crippen molar-refractivity contribution in [3.63, 3.8) is 0 Å². The number of ether oxygens (including phenoxy) is 2. The quantitative estimate of drug-likeness (QED) is 0.471. The maximum atomic E-state index is 11.6. The molecule has 5 nitrogen and oxygen atoms in total. The number of methoxy groups -OCH3 is 1. The molecular weight excluding hydrogens is 264 g/mol. The van der Waals surface area contributed by atoms with Crippen molar-refractivity contribution in [2.24, 2.45) is 0 Å². The number of benzene rings is 1. The summed E-state index contributed by atoms with van der Waals surface area (Å²) in [6, 6.07) is 6.99. The molecule has 1 aromatic rings. The molecule has 0 aromatic heterocycles. The van der Waals surface area contributed by atoms with Gasteiger partial charge in [0.25, 0.3) is 0 Å². The Morgan fingerprint density at radius 2 is 2.21 bits per heavy atom. The van der Waals surface area contributed by atoms with E-state index in [2.05, 4.69) is 10.6 Å². The Labute approximate surface area is 118 Å². The smallest absolute Gasteiger partial charge is 0.338 e. The van der Waals surface area contributed by atoms with Gasteiger partial charge in [-0.3, -0.25) is 0 Å². The molecular formula is C13H18N2O3S. The van der Waals surface area contributed by atoms with Crippen LogP contribution in [0.25, 0.3) is 0 Å². The molecule has 6 heteroatoms. The van der Waals surface area contributed by atoms with Gasteiger partial charge in [-0.1, -0.05) is 6.07 Å². The fourth-order valence-electron chi connectivity index (χ4n) is 1.38. The molecule has 0 amide bonds. The molecule has 0 saturated carbocycles. The number of rotatable bonds is 6. The van der Waals surface area contributed by atoms with E-state index in [4.69, 9.17) is 21.7 Å². The summed E-state index contributed by atoms with van der Waals surface area (Å²) in [5.74, 6) is -0.343. The van der Waals surface area contributed by atoms with Gasteiger partial charge in [0.05, 0.1) is 18.8 Å². The summed E-state index contributed by atoms with van der Waals surface area (Å²) in [4.78, 5) is 11.6. The van der Waals surface area contributed by atoms with Crippen LogP contribution in [-0.2, 0) is 9.47 Å². The van der Waals surface area contributed by atoms with Gasteiger partial charge in [0.1, 0.15) is 0 Å². The summed E-state index contributed by atoms with van der Waals surface area (Å²) in [5.41, 5.74) is 1.23. The minimum atomic E-state index is -0.343. The molecule has 0 heterocycles. The van der Waals surface area contributed by atoms with Crippen LogP contribution in [0.1, 0.15) is 17.3 Å². The van der Waals surface area contributed by atoms with Crippen molar-refractivity contribution in [2.75, 3.05) is 32.2 Å². The summed E-state index contributed by atoms with van der Waals surface area (Å²) in [5, 5.41) is 6.46. The molecule has 0 radical (unpaired) electrons. The maximum Gasteiger partial charge on any atom is 0.338 e. The zero-order valence-corrected chi connectivity index (χ0v) is 11.9. The minimum Gasteiger partial charge on any atom is -0.462 e. The summed E-state index contributed by atoms with van der Waals surface area (Å²) in [6.07, 6.45) is 0. The molecule has 2 N–H and O–H groups in total. The third-order valence-corrected chi connectivity index (χ3v) is 2.47. The zero-order valence-electron chi connectivity index (χ0n) is 11.1. The number of anilines is 1. The fraction of sp³-hybridized carbons (Fsp3) is 0.385. The summed E-state index contributed by atoms with van der Waals surface area (Å²) in [7, 11) is 1.63. The van der Waals surface area contributed by atoms with Crippen LogP contribution in [0.3, 0.4) is 0 Å². The molecule has 0 atom stereocenters. The first-order valence-electron chi connectivity index (χ1n) is 5.98. The largest absolute Gasteiger partial charge is 0.462 e. The Morgan fingerprint density at radius 1 is 1.42 bits per heavy atom. The van der Waals surface area contributed by atoms with E-state index in [0.29, 0.717) is 30.4 Å². The summed E-state index contributed by atoms with van der Waals surface area (Å²) in [6.45, 7) is 3.33. The van der Waals surface area contributed by atoms with Crippen LogP contribution in [0.4, 0.5) is 5.69 Å². The first-order valence-corrected chi connectivity index (χ1v) is 6.39. The van der Waals surface area contributed by atoms with E-state index in [0.717, 1.165) is 5.69 Å². The van der Waals surface area contributed by atoms with Gasteiger partial charge in [-0.25, -0.2) is 4.79 Å². The second-order valence-electron chi connectivity index (χ2n) is 3.67. The highest BCUT2D eigenvalue weighted by atomic mass is 32.1. The van der Waals surface area contributed by atoms with E-state index in [9.17, 15) is 4.79 Å². The molecule has 0 spiro atoms. The van der Waals surface area contributed by atoms with Gasteiger partial charge >= 0.3 is 5.97 Å². The molecule has 1 aromatic carbocycles. The lowest BCUT2D eigenvalue weighted by Gasteiger charge is -2.11. The van der Waals surface area contributed by atoms with E-state index in [-0.39, 0.29) is 5.97 Å². The van der Waals surface area contributed by atoms with E-state index < -0.39 is 0 Å². The van der Waals surface area contributed by atoms with Crippen molar-refractivity contribution in [3.05, 3.63) is 29.8 Å². The van der Waals surface area contributed by atoms with Gasteiger partial charge in [0.2, 0.25) is 0 Å². The number of hydrogen-bond donors (Lipinski definition) is 2. The predicted octanol–water partition coefficient (Wildman–Crippen LogP) is 1.80. The maximum absolute atomic E-state index is 11.6. The number of nitrogens with one attached hydrogen (secondary N) is 2. The number of esters is 1. The van der Waals surface area contributed by atoms with Crippen LogP contribution < -0.4 is 10.6 Å². The highest BCUT2D eigenvalue weighted by molar-refractivity contribution is 7.80. The number of carbonyl (C=O) groups excluding carboxylic acids is 1. The van der Waals surface area contributed by atoms with Crippen molar-refractivity contribution in [3.8, 4) is 0 Å². The molecule has 0 saturated heterocycles. The molecule has 0 bridgehead atoms. The molecule has 0 aliphatic carbocycles. The lowest BCUT2D eigenvalue weighted by molar-refractivity contribution is 0.0526. The Balaban J connectivity index is 2.56. The molecule has 0 aliphatic heterocycles. The van der Waals surface area contributed by atoms with Gasteiger partial charge in [-0.15, -0.1) is 0 Å². The topological polar surface area (TPSA) is 59.6 Å². The standard InChI is InChI=1S/C13H18N2O3S/c1-3-18-12(16)10-5-4-6-11(9-10)15-13(19)14-7-8-17-2/h4-6,9H,3,7-8H2,1-2H3,(H2,14,15,19). The molecule has 0 fully saturated rings. The average Bonchev–Trinajstić information content (AvgIpc) is 2.39. The van der Waals surface area contributed by atoms with Crippen LogP contribution in [0.15, 0.2) is 24.3 Å².